The molecule has 2 aromatic heterocycles. The summed E-state index contributed by atoms with van der Waals surface area (Å²) in [4.78, 5) is 31.5. The van der Waals surface area contributed by atoms with Crippen LogP contribution in [-0.2, 0) is 22.3 Å². The van der Waals surface area contributed by atoms with Crippen molar-refractivity contribution in [2.75, 3.05) is 0 Å². The predicted molar refractivity (Wildman–Crippen MR) is 107 cm³/mol. The molecule has 1 fully saturated rings. The Bertz CT molecular complexity index is 1030. The monoisotopic (exact) mass is 376 g/mol. The lowest BCUT2D eigenvalue weighted by Crippen LogP contribution is -2.40. The Balaban J connectivity index is 1.60. The number of nitrogens with one attached hydrogen (secondary N) is 1. The normalized spacial score (nSPS) is 20.1. The zero-order valence-corrected chi connectivity index (χ0v) is 16.6. The fourth-order valence-corrected chi connectivity index (χ4v) is 3.57. The number of carbonyl (C=O) groups is 2. The summed E-state index contributed by atoms with van der Waals surface area (Å²) in [6, 6.07) is 13.2. The lowest BCUT2D eigenvalue weighted by Gasteiger charge is -2.24. The first kappa shape index (κ1) is 18.2. The van der Waals surface area contributed by atoms with Crippen molar-refractivity contribution in [3.63, 3.8) is 0 Å². The van der Waals surface area contributed by atoms with Gasteiger partial charge in [0, 0.05) is 12.4 Å². The van der Waals surface area contributed by atoms with Gasteiger partial charge in [0.2, 0.25) is 0 Å². The zero-order chi connectivity index (χ0) is 20.1. The number of aromatic nitrogens is 2. The Labute approximate surface area is 164 Å². The smallest absolute Gasteiger partial charge is 0.319 e. The number of imidazole rings is 1. The van der Waals surface area contributed by atoms with E-state index in [1.54, 1.807) is 6.92 Å². The summed E-state index contributed by atoms with van der Waals surface area (Å²) in [6.45, 7) is 8.32. The third kappa shape index (κ3) is 2.95. The number of fused-ring (bicyclic) bond motifs is 1. The number of hydrogen-bond acceptors (Lipinski definition) is 3. The number of nitrogens with zero attached hydrogens (tertiary/aromatic N) is 3. The first-order valence-corrected chi connectivity index (χ1v) is 9.36. The van der Waals surface area contributed by atoms with Crippen molar-refractivity contribution in [2.45, 2.75) is 45.2 Å². The van der Waals surface area contributed by atoms with Crippen LogP contribution in [0.1, 0.15) is 44.5 Å². The molecule has 144 valence electrons. The Morgan fingerprint density at radius 3 is 2.43 bits per heavy atom. The average molecular weight is 376 g/mol. The van der Waals surface area contributed by atoms with Crippen molar-refractivity contribution in [3.05, 3.63) is 71.7 Å². The van der Waals surface area contributed by atoms with E-state index in [2.05, 4.69) is 31.1 Å². The number of amides is 3. The molecule has 0 spiro atoms. The fraction of sp³-hybridized carbons (Fsp3) is 0.318. The molecule has 1 aliphatic rings. The second kappa shape index (κ2) is 6.19. The highest BCUT2D eigenvalue weighted by Crippen LogP contribution is 2.31. The molecule has 6 nitrogen and oxygen atoms in total. The number of rotatable bonds is 3. The second-order valence-electron chi connectivity index (χ2n) is 8.47. The zero-order valence-electron chi connectivity index (χ0n) is 16.6. The van der Waals surface area contributed by atoms with Crippen LogP contribution in [0, 0.1) is 0 Å². The Morgan fingerprint density at radius 2 is 1.79 bits per heavy atom. The van der Waals surface area contributed by atoms with E-state index in [1.807, 2.05) is 59.3 Å². The summed E-state index contributed by atoms with van der Waals surface area (Å²) >= 11 is 0. The summed E-state index contributed by atoms with van der Waals surface area (Å²) in [5.74, 6) is -0.266. The minimum atomic E-state index is -1.08. The Hall–Kier alpha value is -3.15. The molecule has 3 aromatic rings. The third-order valence-electron chi connectivity index (χ3n) is 5.34. The van der Waals surface area contributed by atoms with Crippen LogP contribution in [0.3, 0.4) is 0 Å². The molecular weight excluding hydrogens is 352 g/mol. The van der Waals surface area contributed by atoms with E-state index in [1.165, 1.54) is 10.5 Å². The molecule has 28 heavy (non-hydrogen) atoms. The van der Waals surface area contributed by atoms with Crippen LogP contribution in [-0.4, -0.2) is 26.2 Å². The standard InChI is InChI=1S/C22H24N4O2/c1-21(2,3)15-8-10-16(11-9-15)22(4)19(27)26(20(28)24-22)14-17-13-25-12-6-5-7-18(25)23-17/h5-13H,14H2,1-4H3,(H,24,28). The van der Waals surface area contributed by atoms with Crippen LogP contribution < -0.4 is 5.32 Å². The predicted octanol–water partition coefficient (Wildman–Crippen LogP) is 3.60. The molecule has 0 aliphatic carbocycles. The van der Waals surface area contributed by atoms with Gasteiger partial charge in [0.25, 0.3) is 5.91 Å². The molecule has 6 heteroatoms. The summed E-state index contributed by atoms with van der Waals surface area (Å²) in [6.07, 6.45) is 3.72. The van der Waals surface area contributed by atoms with E-state index < -0.39 is 11.6 Å². The van der Waals surface area contributed by atoms with Crippen molar-refractivity contribution in [2.24, 2.45) is 0 Å². The highest BCUT2D eigenvalue weighted by atomic mass is 16.2. The first-order chi connectivity index (χ1) is 13.2. The maximum Gasteiger partial charge on any atom is 0.325 e. The first-order valence-electron chi connectivity index (χ1n) is 9.36. The largest absolute Gasteiger partial charge is 0.325 e. The minimum absolute atomic E-state index is 0.0253. The molecule has 1 N–H and O–H groups in total. The molecule has 1 aromatic carbocycles. The number of hydrogen-bond donors (Lipinski definition) is 1. The minimum Gasteiger partial charge on any atom is -0.319 e. The summed E-state index contributed by atoms with van der Waals surface area (Å²) in [5, 5.41) is 2.86. The molecule has 3 amide bonds. The van der Waals surface area contributed by atoms with E-state index in [9.17, 15) is 9.59 Å². The van der Waals surface area contributed by atoms with Gasteiger partial charge in [-0.3, -0.25) is 9.69 Å². The van der Waals surface area contributed by atoms with E-state index in [0.29, 0.717) is 5.69 Å². The second-order valence-corrected chi connectivity index (χ2v) is 8.47. The van der Waals surface area contributed by atoms with Gasteiger partial charge in [0.1, 0.15) is 11.2 Å². The SMILES string of the molecule is CC(C)(C)c1ccc(C2(C)NC(=O)N(Cc3cn4ccccc4n3)C2=O)cc1. The van der Waals surface area contributed by atoms with E-state index >= 15 is 0 Å². The van der Waals surface area contributed by atoms with Crippen molar-refractivity contribution < 1.29 is 9.59 Å². The summed E-state index contributed by atoms with van der Waals surface area (Å²) in [5.41, 5.74) is 2.35. The van der Waals surface area contributed by atoms with Gasteiger partial charge in [0.05, 0.1) is 12.2 Å². The summed E-state index contributed by atoms with van der Waals surface area (Å²) < 4.78 is 1.87. The number of imide groups is 1. The lowest BCUT2D eigenvalue weighted by atomic mass is 9.84. The van der Waals surface area contributed by atoms with Gasteiger partial charge < -0.3 is 9.72 Å². The molecule has 1 aliphatic heterocycles. The molecule has 3 heterocycles. The Morgan fingerprint density at radius 1 is 1.07 bits per heavy atom. The molecule has 0 radical (unpaired) electrons. The maximum absolute atomic E-state index is 13.1. The number of carbonyl (C=O) groups excluding carboxylic acids is 2. The van der Waals surface area contributed by atoms with E-state index in [4.69, 9.17) is 0 Å². The highest BCUT2D eigenvalue weighted by molar-refractivity contribution is 6.07. The van der Waals surface area contributed by atoms with Crippen molar-refractivity contribution in [3.8, 4) is 0 Å². The van der Waals surface area contributed by atoms with Crippen molar-refractivity contribution >= 4 is 17.6 Å². The van der Waals surface area contributed by atoms with Crippen LogP contribution >= 0.6 is 0 Å². The van der Waals surface area contributed by atoms with Gasteiger partial charge in [-0.15, -0.1) is 0 Å². The van der Waals surface area contributed by atoms with Crippen molar-refractivity contribution in [1.29, 1.82) is 0 Å². The molecular formula is C22H24N4O2. The average Bonchev–Trinajstić information content (AvgIpc) is 3.15. The van der Waals surface area contributed by atoms with Crippen LogP contribution in [0.25, 0.3) is 5.65 Å². The molecule has 1 unspecified atom stereocenters. The molecule has 4 rings (SSSR count). The van der Waals surface area contributed by atoms with Crippen LogP contribution in [0.5, 0.6) is 0 Å². The number of urea groups is 1. The van der Waals surface area contributed by atoms with Gasteiger partial charge in [0.15, 0.2) is 0 Å². The third-order valence-corrected chi connectivity index (χ3v) is 5.34. The topological polar surface area (TPSA) is 66.7 Å². The Kier molecular flexibility index (Phi) is 4.03. The number of pyridine rings is 1. The quantitative estimate of drug-likeness (QED) is 0.710. The molecule has 1 saturated heterocycles. The lowest BCUT2D eigenvalue weighted by molar-refractivity contribution is -0.131. The van der Waals surface area contributed by atoms with Crippen molar-refractivity contribution in [1.82, 2.24) is 19.6 Å². The molecule has 1 atom stereocenters. The highest BCUT2D eigenvalue weighted by Gasteiger charge is 2.49. The van der Waals surface area contributed by atoms with Gasteiger partial charge in [-0.2, -0.15) is 0 Å². The van der Waals surface area contributed by atoms with Crippen LogP contribution in [0.15, 0.2) is 54.9 Å². The molecule has 0 saturated carbocycles. The van der Waals surface area contributed by atoms with Gasteiger partial charge >= 0.3 is 6.03 Å². The summed E-state index contributed by atoms with van der Waals surface area (Å²) in [7, 11) is 0. The van der Waals surface area contributed by atoms with Crippen LogP contribution in [0.4, 0.5) is 4.79 Å². The van der Waals surface area contributed by atoms with Gasteiger partial charge in [-0.05, 0) is 35.6 Å². The van der Waals surface area contributed by atoms with Crippen LogP contribution in [0.2, 0.25) is 0 Å². The van der Waals surface area contributed by atoms with E-state index in [-0.39, 0.29) is 17.9 Å². The van der Waals surface area contributed by atoms with Gasteiger partial charge in [-0.1, -0.05) is 51.1 Å². The fourth-order valence-electron chi connectivity index (χ4n) is 3.57. The van der Waals surface area contributed by atoms with E-state index in [0.717, 1.165) is 11.2 Å². The molecule has 0 bridgehead atoms. The van der Waals surface area contributed by atoms with Gasteiger partial charge in [-0.25, -0.2) is 9.78 Å². The number of benzene rings is 1. The maximum atomic E-state index is 13.1.